The summed E-state index contributed by atoms with van der Waals surface area (Å²) in [6, 6.07) is 26.2. The van der Waals surface area contributed by atoms with Crippen molar-refractivity contribution in [1.82, 2.24) is 4.57 Å². The molecule has 27 heavy (non-hydrogen) atoms. The molecule has 0 aliphatic carbocycles. The van der Waals surface area contributed by atoms with E-state index in [1.807, 2.05) is 65.4 Å². The molecule has 3 heteroatoms. The summed E-state index contributed by atoms with van der Waals surface area (Å²) in [5.74, 6) is -0.0331. The second-order valence-corrected chi connectivity index (χ2v) is 6.59. The summed E-state index contributed by atoms with van der Waals surface area (Å²) in [5, 5.41) is 13.8. The molecule has 0 atom stereocenters. The summed E-state index contributed by atoms with van der Waals surface area (Å²) in [5.41, 5.74) is 3.67. The van der Waals surface area contributed by atoms with Crippen molar-refractivity contribution in [3.05, 3.63) is 96.9 Å². The number of benzene rings is 4. The fourth-order valence-corrected chi connectivity index (χ4v) is 3.72. The van der Waals surface area contributed by atoms with Crippen LogP contribution >= 0.6 is 0 Å². The number of phenolic OH excluding ortho intramolecular Hbond substituents is 1. The molecular weight excluding hydrogens is 337 g/mol. The summed E-state index contributed by atoms with van der Waals surface area (Å²) >= 11 is 0. The van der Waals surface area contributed by atoms with Crippen LogP contribution in [0.4, 0.5) is 4.39 Å². The van der Waals surface area contributed by atoms with Crippen LogP contribution in [0.3, 0.4) is 0 Å². The van der Waals surface area contributed by atoms with Gasteiger partial charge in [0, 0.05) is 22.5 Å². The molecule has 0 amide bonds. The highest BCUT2D eigenvalue weighted by atomic mass is 19.1. The summed E-state index contributed by atoms with van der Waals surface area (Å²) in [6.45, 7) is 0. The average molecular weight is 353 g/mol. The van der Waals surface area contributed by atoms with Gasteiger partial charge in [0.15, 0.2) is 0 Å². The van der Waals surface area contributed by atoms with E-state index in [-0.39, 0.29) is 11.6 Å². The van der Waals surface area contributed by atoms with Crippen molar-refractivity contribution < 1.29 is 9.50 Å². The maximum atomic E-state index is 13.4. The Bertz CT molecular complexity index is 1290. The Morgan fingerprint density at radius 1 is 0.704 bits per heavy atom. The zero-order valence-electron chi connectivity index (χ0n) is 14.4. The minimum Gasteiger partial charge on any atom is -0.506 e. The fourth-order valence-electron chi connectivity index (χ4n) is 3.72. The lowest BCUT2D eigenvalue weighted by molar-refractivity contribution is 0.474. The number of aromatic hydroxyl groups is 1. The maximum absolute atomic E-state index is 13.4. The molecule has 5 rings (SSSR count). The van der Waals surface area contributed by atoms with Crippen molar-refractivity contribution in [2.45, 2.75) is 0 Å². The number of halogens is 1. The Balaban J connectivity index is 1.86. The van der Waals surface area contributed by atoms with Crippen LogP contribution in [0.2, 0.25) is 0 Å². The van der Waals surface area contributed by atoms with E-state index >= 15 is 0 Å². The Morgan fingerprint density at radius 2 is 1.41 bits per heavy atom. The molecule has 1 aromatic heterocycles. The van der Waals surface area contributed by atoms with E-state index in [0.29, 0.717) is 0 Å². The molecule has 4 aromatic carbocycles. The van der Waals surface area contributed by atoms with Crippen LogP contribution < -0.4 is 0 Å². The van der Waals surface area contributed by atoms with Crippen molar-refractivity contribution in [2.75, 3.05) is 0 Å². The molecule has 0 fully saturated rings. The summed E-state index contributed by atoms with van der Waals surface area (Å²) in [7, 11) is 0. The normalized spacial score (nSPS) is 11.3. The molecule has 0 saturated heterocycles. The third kappa shape index (κ3) is 2.48. The number of phenols is 1. The Kier molecular flexibility index (Phi) is 3.47. The van der Waals surface area contributed by atoms with Crippen molar-refractivity contribution >= 4 is 21.7 Å². The van der Waals surface area contributed by atoms with Crippen LogP contribution in [0.1, 0.15) is 0 Å². The van der Waals surface area contributed by atoms with Crippen molar-refractivity contribution in [2.24, 2.45) is 0 Å². The van der Waals surface area contributed by atoms with Gasteiger partial charge in [0.2, 0.25) is 0 Å². The Morgan fingerprint density at radius 3 is 2.22 bits per heavy atom. The number of fused-ring (bicyclic) bond motifs is 2. The van der Waals surface area contributed by atoms with Crippen LogP contribution in [0.15, 0.2) is 91.1 Å². The molecule has 5 aromatic rings. The van der Waals surface area contributed by atoms with Crippen molar-refractivity contribution in [3.8, 4) is 22.6 Å². The SMILES string of the molecule is Oc1ccc2ccccc2c1-n1cc(-c2ccc(F)cc2)c2ccccc21. The van der Waals surface area contributed by atoms with Gasteiger partial charge in [-0.2, -0.15) is 0 Å². The minimum atomic E-state index is -0.255. The topological polar surface area (TPSA) is 25.2 Å². The molecule has 0 unspecified atom stereocenters. The van der Waals surface area contributed by atoms with Crippen molar-refractivity contribution in [1.29, 1.82) is 0 Å². The highest BCUT2D eigenvalue weighted by Crippen LogP contribution is 2.37. The smallest absolute Gasteiger partial charge is 0.140 e. The summed E-state index contributed by atoms with van der Waals surface area (Å²) < 4.78 is 15.4. The van der Waals surface area contributed by atoms with Gasteiger partial charge in [0.25, 0.3) is 0 Å². The van der Waals surface area contributed by atoms with E-state index < -0.39 is 0 Å². The zero-order chi connectivity index (χ0) is 18.4. The first-order chi connectivity index (χ1) is 13.2. The predicted molar refractivity (Wildman–Crippen MR) is 108 cm³/mol. The molecule has 0 aliphatic heterocycles. The largest absolute Gasteiger partial charge is 0.506 e. The quantitative estimate of drug-likeness (QED) is 0.396. The number of hydrogen-bond donors (Lipinski definition) is 1. The third-order valence-electron chi connectivity index (χ3n) is 4.99. The fraction of sp³-hybridized carbons (Fsp3) is 0. The standard InChI is InChI=1S/C24H16FNO/c25-18-12-9-17(10-13-18)21-15-26(22-8-4-3-7-20(21)22)24-19-6-2-1-5-16(19)11-14-23(24)27/h1-15,27H. The Labute approximate surface area is 155 Å². The van der Waals surface area contributed by atoms with Crippen molar-refractivity contribution in [3.63, 3.8) is 0 Å². The molecule has 2 nitrogen and oxygen atoms in total. The van der Waals surface area contributed by atoms with E-state index in [4.69, 9.17) is 0 Å². The van der Waals surface area contributed by atoms with Crippen LogP contribution in [-0.2, 0) is 0 Å². The van der Waals surface area contributed by atoms with Crippen LogP contribution in [0.25, 0.3) is 38.5 Å². The van der Waals surface area contributed by atoms with Gasteiger partial charge in [0.05, 0.1) is 11.2 Å². The second kappa shape index (κ2) is 5.99. The number of para-hydroxylation sites is 1. The van der Waals surface area contributed by atoms with E-state index in [1.165, 1.54) is 12.1 Å². The molecule has 0 spiro atoms. The minimum absolute atomic E-state index is 0.222. The highest BCUT2D eigenvalue weighted by molar-refractivity contribution is 6.00. The number of nitrogens with zero attached hydrogens (tertiary/aromatic N) is 1. The molecule has 1 heterocycles. The first kappa shape index (κ1) is 15.6. The van der Waals surface area contributed by atoms with Gasteiger partial charge in [-0.3, -0.25) is 0 Å². The van der Waals surface area contributed by atoms with Crippen LogP contribution in [0, 0.1) is 5.82 Å². The molecule has 0 bridgehead atoms. The molecule has 0 saturated carbocycles. The monoisotopic (exact) mass is 353 g/mol. The molecule has 0 radical (unpaired) electrons. The van der Waals surface area contributed by atoms with Crippen LogP contribution in [-0.4, -0.2) is 9.67 Å². The average Bonchev–Trinajstić information content (AvgIpc) is 3.08. The Hall–Kier alpha value is -3.59. The van der Waals surface area contributed by atoms with Gasteiger partial charge in [-0.15, -0.1) is 0 Å². The van der Waals surface area contributed by atoms with Gasteiger partial charge >= 0.3 is 0 Å². The maximum Gasteiger partial charge on any atom is 0.140 e. The lowest BCUT2D eigenvalue weighted by Crippen LogP contribution is -1.94. The van der Waals surface area contributed by atoms with Gasteiger partial charge < -0.3 is 9.67 Å². The lowest BCUT2D eigenvalue weighted by Gasteiger charge is -2.11. The van der Waals surface area contributed by atoms with Gasteiger partial charge in [-0.25, -0.2) is 4.39 Å². The first-order valence-electron chi connectivity index (χ1n) is 8.79. The summed E-state index contributed by atoms with van der Waals surface area (Å²) in [6.07, 6.45) is 2.01. The predicted octanol–water partition coefficient (Wildman–Crippen LogP) is 6.30. The van der Waals surface area contributed by atoms with Gasteiger partial charge in [-0.05, 0) is 35.2 Å². The lowest BCUT2D eigenvalue weighted by atomic mass is 10.1. The first-order valence-corrected chi connectivity index (χ1v) is 8.79. The van der Waals surface area contributed by atoms with Crippen LogP contribution in [0.5, 0.6) is 5.75 Å². The van der Waals surface area contributed by atoms with E-state index in [1.54, 1.807) is 18.2 Å². The van der Waals surface area contributed by atoms with E-state index in [0.717, 1.165) is 38.5 Å². The van der Waals surface area contributed by atoms with Gasteiger partial charge in [0.1, 0.15) is 11.6 Å². The zero-order valence-corrected chi connectivity index (χ0v) is 14.4. The number of rotatable bonds is 2. The number of aromatic nitrogens is 1. The van der Waals surface area contributed by atoms with Gasteiger partial charge in [-0.1, -0.05) is 60.7 Å². The second-order valence-electron chi connectivity index (χ2n) is 6.59. The molecular formula is C24H16FNO. The molecule has 130 valence electrons. The summed E-state index contributed by atoms with van der Waals surface area (Å²) in [4.78, 5) is 0. The number of hydrogen-bond acceptors (Lipinski definition) is 1. The van der Waals surface area contributed by atoms with E-state index in [2.05, 4.69) is 0 Å². The molecule has 1 N–H and O–H groups in total. The molecule has 0 aliphatic rings. The highest BCUT2D eigenvalue weighted by Gasteiger charge is 2.15. The van der Waals surface area contributed by atoms with E-state index in [9.17, 15) is 9.50 Å². The third-order valence-corrected chi connectivity index (χ3v) is 4.99.